The zero-order valence-electron chi connectivity index (χ0n) is 9.65. The summed E-state index contributed by atoms with van der Waals surface area (Å²) < 4.78 is 5.49. The molecule has 2 unspecified atom stereocenters. The minimum absolute atomic E-state index is 0.112. The Labute approximate surface area is 96.4 Å². The van der Waals surface area contributed by atoms with Gasteiger partial charge < -0.3 is 15.2 Å². The molecule has 1 heterocycles. The molecule has 0 aliphatic carbocycles. The van der Waals surface area contributed by atoms with E-state index in [0.717, 1.165) is 25.1 Å². The van der Waals surface area contributed by atoms with E-state index in [1.54, 1.807) is 0 Å². The monoisotopic (exact) mass is 221 g/mol. The molecule has 0 amide bonds. The van der Waals surface area contributed by atoms with Crippen molar-refractivity contribution in [2.24, 2.45) is 0 Å². The van der Waals surface area contributed by atoms with Crippen molar-refractivity contribution in [2.45, 2.75) is 38.6 Å². The van der Waals surface area contributed by atoms with Gasteiger partial charge in [-0.25, -0.2) is 0 Å². The SMILES string of the molecule is CC1OCCC1NCc1ccc(CO)cc1. The van der Waals surface area contributed by atoms with Crippen LogP contribution in [0.3, 0.4) is 0 Å². The van der Waals surface area contributed by atoms with Crippen molar-refractivity contribution >= 4 is 0 Å². The van der Waals surface area contributed by atoms with Crippen LogP contribution in [0.25, 0.3) is 0 Å². The molecular formula is C13H19NO2. The zero-order chi connectivity index (χ0) is 11.4. The molecule has 2 N–H and O–H groups in total. The predicted octanol–water partition coefficient (Wildman–Crippen LogP) is 1.45. The average molecular weight is 221 g/mol. The van der Waals surface area contributed by atoms with Crippen molar-refractivity contribution < 1.29 is 9.84 Å². The highest BCUT2D eigenvalue weighted by molar-refractivity contribution is 5.21. The van der Waals surface area contributed by atoms with Crippen LogP contribution in [0, 0.1) is 0 Å². The Morgan fingerprint density at radius 1 is 1.31 bits per heavy atom. The topological polar surface area (TPSA) is 41.5 Å². The smallest absolute Gasteiger partial charge is 0.0700 e. The van der Waals surface area contributed by atoms with Crippen molar-refractivity contribution in [3.63, 3.8) is 0 Å². The van der Waals surface area contributed by atoms with Crippen LogP contribution < -0.4 is 5.32 Å². The molecule has 0 aromatic heterocycles. The summed E-state index contributed by atoms with van der Waals surface area (Å²) in [7, 11) is 0. The molecule has 3 nitrogen and oxygen atoms in total. The van der Waals surface area contributed by atoms with Gasteiger partial charge in [0.15, 0.2) is 0 Å². The van der Waals surface area contributed by atoms with E-state index in [0.29, 0.717) is 12.1 Å². The van der Waals surface area contributed by atoms with Gasteiger partial charge in [-0.15, -0.1) is 0 Å². The first kappa shape index (κ1) is 11.6. The van der Waals surface area contributed by atoms with Gasteiger partial charge in [-0.2, -0.15) is 0 Å². The lowest BCUT2D eigenvalue weighted by molar-refractivity contribution is 0.113. The Bertz CT molecular complexity index is 323. The summed E-state index contributed by atoms with van der Waals surface area (Å²) in [4.78, 5) is 0. The third-order valence-electron chi connectivity index (χ3n) is 3.15. The molecule has 0 radical (unpaired) electrons. The second-order valence-corrected chi connectivity index (χ2v) is 4.33. The van der Waals surface area contributed by atoms with Gasteiger partial charge in [0.2, 0.25) is 0 Å². The van der Waals surface area contributed by atoms with Crippen molar-refractivity contribution in [2.75, 3.05) is 6.61 Å². The van der Waals surface area contributed by atoms with Gasteiger partial charge in [0.05, 0.1) is 12.7 Å². The summed E-state index contributed by atoms with van der Waals surface area (Å²) in [5, 5.41) is 12.4. The molecule has 0 saturated carbocycles. The summed E-state index contributed by atoms with van der Waals surface area (Å²) >= 11 is 0. The first-order valence-electron chi connectivity index (χ1n) is 5.83. The van der Waals surface area contributed by atoms with Gasteiger partial charge in [0.25, 0.3) is 0 Å². The lowest BCUT2D eigenvalue weighted by Gasteiger charge is -2.16. The highest BCUT2D eigenvalue weighted by Crippen LogP contribution is 2.13. The fourth-order valence-corrected chi connectivity index (χ4v) is 2.01. The Balaban J connectivity index is 1.84. The van der Waals surface area contributed by atoms with Gasteiger partial charge in [-0.05, 0) is 24.5 Å². The maximum Gasteiger partial charge on any atom is 0.0700 e. The number of hydrogen-bond donors (Lipinski definition) is 2. The van der Waals surface area contributed by atoms with Gasteiger partial charge >= 0.3 is 0 Å². The highest BCUT2D eigenvalue weighted by Gasteiger charge is 2.23. The Morgan fingerprint density at radius 3 is 2.56 bits per heavy atom. The zero-order valence-corrected chi connectivity index (χ0v) is 9.65. The number of hydrogen-bond acceptors (Lipinski definition) is 3. The van der Waals surface area contributed by atoms with Crippen molar-refractivity contribution in [1.82, 2.24) is 5.32 Å². The highest BCUT2D eigenvalue weighted by atomic mass is 16.5. The molecule has 3 heteroatoms. The van der Waals surface area contributed by atoms with E-state index in [4.69, 9.17) is 9.84 Å². The van der Waals surface area contributed by atoms with E-state index in [2.05, 4.69) is 24.4 Å². The van der Waals surface area contributed by atoms with Crippen LogP contribution >= 0.6 is 0 Å². The van der Waals surface area contributed by atoms with E-state index in [1.165, 1.54) is 5.56 Å². The summed E-state index contributed by atoms with van der Waals surface area (Å²) in [6, 6.07) is 8.51. The Morgan fingerprint density at radius 2 is 2.00 bits per heavy atom. The molecule has 1 aromatic rings. The third kappa shape index (κ3) is 2.82. The lowest BCUT2D eigenvalue weighted by Crippen LogP contribution is -2.34. The van der Waals surface area contributed by atoms with E-state index in [9.17, 15) is 0 Å². The number of aliphatic hydroxyl groups excluding tert-OH is 1. The van der Waals surface area contributed by atoms with Gasteiger partial charge in [0, 0.05) is 19.2 Å². The maximum atomic E-state index is 8.93. The number of benzene rings is 1. The largest absolute Gasteiger partial charge is 0.392 e. The molecule has 1 aliphatic heterocycles. The molecule has 0 spiro atoms. The predicted molar refractivity (Wildman–Crippen MR) is 63.0 cm³/mol. The first-order chi connectivity index (χ1) is 7.79. The third-order valence-corrected chi connectivity index (χ3v) is 3.15. The molecule has 2 atom stereocenters. The van der Waals surface area contributed by atoms with Gasteiger partial charge in [-0.1, -0.05) is 24.3 Å². The molecular weight excluding hydrogens is 202 g/mol. The van der Waals surface area contributed by atoms with E-state index < -0.39 is 0 Å². The normalized spacial score (nSPS) is 24.9. The fraction of sp³-hybridized carbons (Fsp3) is 0.538. The number of ether oxygens (including phenoxy) is 1. The summed E-state index contributed by atoms with van der Waals surface area (Å²) in [5.74, 6) is 0. The molecule has 1 fully saturated rings. The van der Waals surface area contributed by atoms with Gasteiger partial charge in [0.1, 0.15) is 0 Å². The molecule has 1 aromatic carbocycles. The number of aliphatic hydroxyl groups is 1. The summed E-state index contributed by atoms with van der Waals surface area (Å²) in [5.41, 5.74) is 2.21. The molecule has 2 rings (SSSR count). The quantitative estimate of drug-likeness (QED) is 0.808. The summed E-state index contributed by atoms with van der Waals surface area (Å²) in [6.45, 7) is 3.95. The van der Waals surface area contributed by atoms with Crippen LogP contribution in [0.15, 0.2) is 24.3 Å². The molecule has 0 bridgehead atoms. The van der Waals surface area contributed by atoms with Crippen LogP contribution in [0.1, 0.15) is 24.5 Å². The van der Waals surface area contributed by atoms with E-state index >= 15 is 0 Å². The number of nitrogens with one attached hydrogen (secondary N) is 1. The standard InChI is InChI=1S/C13H19NO2/c1-10-13(6-7-16-10)14-8-11-2-4-12(9-15)5-3-11/h2-5,10,13-15H,6-9H2,1H3. The van der Waals surface area contributed by atoms with Crippen LogP contribution in [-0.4, -0.2) is 23.9 Å². The molecule has 1 saturated heterocycles. The van der Waals surface area contributed by atoms with Crippen molar-refractivity contribution in [3.05, 3.63) is 35.4 Å². The minimum Gasteiger partial charge on any atom is -0.392 e. The average Bonchev–Trinajstić information content (AvgIpc) is 2.73. The second kappa shape index (κ2) is 5.43. The fourth-order valence-electron chi connectivity index (χ4n) is 2.01. The van der Waals surface area contributed by atoms with E-state index in [-0.39, 0.29) is 6.61 Å². The van der Waals surface area contributed by atoms with Crippen LogP contribution in [0.4, 0.5) is 0 Å². The summed E-state index contributed by atoms with van der Waals surface area (Å²) in [6.07, 6.45) is 1.41. The minimum atomic E-state index is 0.112. The Kier molecular flexibility index (Phi) is 3.93. The van der Waals surface area contributed by atoms with Crippen molar-refractivity contribution in [1.29, 1.82) is 0 Å². The van der Waals surface area contributed by atoms with Crippen LogP contribution in [0.2, 0.25) is 0 Å². The van der Waals surface area contributed by atoms with Gasteiger partial charge in [-0.3, -0.25) is 0 Å². The molecule has 1 aliphatic rings. The second-order valence-electron chi connectivity index (χ2n) is 4.33. The first-order valence-corrected chi connectivity index (χ1v) is 5.83. The lowest BCUT2D eigenvalue weighted by atomic mass is 10.1. The maximum absolute atomic E-state index is 8.93. The van der Waals surface area contributed by atoms with Crippen LogP contribution in [0.5, 0.6) is 0 Å². The van der Waals surface area contributed by atoms with Crippen molar-refractivity contribution in [3.8, 4) is 0 Å². The molecule has 16 heavy (non-hydrogen) atoms. The Hall–Kier alpha value is -0.900. The van der Waals surface area contributed by atoms with Crippen LogP contribution in [-0.2, 0) is 17.9 Å². The van der Waals surface area contributed by atoms with E-state index in [1.807, 2.05) is 12.1 Å². The molecule has 88 valence electrons. The number of rotatable bonds is 4.